The summed E-state index contributed by atoms with van der Waals surface area (Å²) in [6.07, 6.45) is 0. The van der Waals surface area contributed by atoms with Crippen molar-refractivity contribution in [2.24, 2.45) is 0 Å². The summed E-state index contributed by atoms with van der Waals surface area (Å²) < 4.78 is 39.8. The number of benzene rings is 2. The van der Waals surface area contributed by atoms with Crippen molar-refractivity contribution in [3.8, 4) is 17.2 Å². The van der Waals surface area contributed by atoms with Gasteiger partial charge in [-0.15, -0.1) is 0 Å². The first-order valence-corrected chi connectivity index (χ1v) is 9.03. The number of hydrogen-bond acceptors (Lipinski definition) is 5. The van der Waals surface area contributed by atoms with Gasteiger partial charge < -0.3 is 19.1 Å². The Hall–Kier alpha value is -2.87. The Kier molecular flexibility index (Phi) is 5.29. The van der Waals surface area contributed by atoms with Gasteiger partial charge in [-0.1, -0.05) is 12.1 Å². The summed E-state index contributed by atoms with van der Waals surface area (Å²) in [6.45, 7) is 0.706. The highest BCUT2D eigenvalue weighted by atomic mass is 19.3. The molecule has 1 saturated heterocycles. The maximum absolute atomic E-state index is 12.7. The molecule has 0 atom stereocenters. The largest absolute Gasteiger partial charge is 0.454 e. The van der Waals surface area contributed by atoms with Crippen LogP contribution in [-0.2, 0) is 6.54 Å². The van der Waals surface area contributed by atoms with Crippen molar-refractivity contribution in [1.82, 2.24) is 9.80 Å². The molecule has 4 rings (SSSR count). The maximum atomic E-state index is 12.7. The summed E-state index contributed by atoms with van der Waals surface area (Å²) in [4.78, 5) is 16.7. The number of piperazine rings is 1. The molecule has 0 unspecified atom stereocenters. The van der Waals surface area contributed by atoms with E-state index in [-0.39, 0.29) is 18.4 Å². The topological polar surface area (TPSA) is 51.2 Å². The predicted octanol–water partition coefficient (Wildman–Crippen LogP) is 2.97. The second-order valence-electron chi connectivity index (χ2n) is 6.66. The van der Waals surface area contributed by atoms with E-state index in [4.69, 9.17) is 9.47 Å². The molecular weight excluding hydrogens is 370 g/mol. The Balaban J connectivity index is 1.33. The van der Waals surface area contributed by atoms with Crippen molar-refractivity contribution in [3.63, 3.8) is 0 Å². The Morgan fingerprint density at radius 1 is 1.04 bits per heavy atom. The third-order valence-electron chi connectivity index (χ3n) is 4.81. The smallest absolute Gasteiger partial charge is 0.387 e. The highest BCUT2D eigenvalue weighted by Gasteiger charge is 2.23. The van der Waals surface area contributed by atoms with Crippen LogP contribution >= 0.6 is 0 Å². The van der Waals surface area contributed by atoms with Crippen LogP contribution in [0.4, 0.5) is 8.78 Å². The minimum Gasteiger partial charge on any atom is -0.454 e. The monoisotopic (exact) mass is 390 g/mol. The van der Waals surface area contributed by atoms with Crippen LogP contribution in [0.25, 0.3) is 0 Å². The van der Waals surface area contributed by atoms with Crippen molar-refractivity contribution in [2.45, 2.75) is 13.2 Å². The van der Waals surface area contributed by atoms with Crippen molar-refractivity contribution < 1.29 is 27.8 Å². The van der Waals surface area contributed by atoms with Crippen LogP contribution in [0.1, 0.15) is 15.9 Å². The molecule has 0 radical (unpaired) electrons. The molecule has 2 aromatic rings. The number of carbonyl (C=O) groups is 1. The fraction of sp³-hybridized carbons (Fsp3) is 0.350. The number of halogens is 2. The van der Waals surface area contributed by atoms with Crippen LogP contribution in [0.2, 0.25) is 0 Å². The third-order valence-corrected chi connectivity index (χ3v) is 4.81. The lowest BCUT2D eigenvalue weighted by atomic mass is 10.1. The molecule has 1 fully saturated rings. The van der Waals surface area contributed by atoms with E-state index in [1.807, 2.05) is 18.2 Å². The molecule has 0 bridgehead atoms. The summed E-state index contributed by atoms with van der Waals surface area (Å²) in [5, 5.41) is 0. The van der Waals surface area contributed by atoms with Crippen LogP contribution < -0.4 is 14.2 Å². The fourth-order valence-electron chi connectivity index (χ4n) is 3.39. The van der Waals surface area contributed by atoms with Crippen molar-refractivity contribution in [2.75, 3.05) is 33.0 Å². The third kappa shape index (κ3) is 4.17. The minimum atomic E-state index is -2.91. The van der Waals surface area contributed by atoms with Gasteiger partial charge in [-0.05, 0) is 35.9 Å². The van der Waals surface area contributed by atoms with Crippen LogP contribution in [-0.4, -0.2) is 55.3 Å². The molecule has 8 heteroatoms. The molecule has 2 aliphatic rings. The molecule has 1 amide bonds. The first-order valence-electron chi connectivity index (χ1n) is 9.03. The highest BCUT2D eigenvalue weighted by molar-refractivity contribution is 5.94. The lowest BCUT2D eigenvalue weighted by Crippen LogP contribution is -2.48. The molecular formula is C20H20F2N2O4. The summed E-state index contributed by atoms with van der Waals surface area (Å²) in [5.41, 5.74) is 1.48. The number of hydrogen-bond donors (Lipinski definition) is 0. The number of fused-ring (bicyclic) bond motifs is 1. The average molecular weight is 390 g/mol. The van der Waals surface area contributed by atoms with Gasteiger partial charge in [-0.3, -0.25) is 9.69 Å². The molecule has 0 aliphatic carbocycles. The van der Waals surface area contributed by atoms with E-state index >= 15 is 0 Å². The number of ether oxygens (including phenoxy) is 3. The second-order valence-corrected chi connectivity index (χ2v) is 6.66. The predicted molar refractivity (Wildman–Crippen MR) is 96.8 cm³/mol. The molecule has 148 valence electrons. The Labute approximate surface area is 161 Å². The van der Waals surface area contributed by atoms with Crippen molar-refractivity contribution in [1.29, 1.82) is 0 Å². The van der Waals surface area contributed by atoms with Gasteiger partial charge in [0.1, 0.15) is 5.75 Å². The second kappa shape index (κ2) is 8.02. The lowest BCUT2D eigenvalue weighted by Gasteiger charge is -2.34. The van der Waals surface area contributed by atoms with E-state index in [1.54, 1.807) is 17.0 Å². The minimum absolute atomic E-state index is 0.0118. The molecule has 0 spiro atoms. The van der Waals surface area contributed by atoms with E-state index < -0.39 is 6.61 Å². The van der Waals surface area contributed by atoms with E-state index in [2.05, 4.69) is 9.64 Å². The van der Waals surface area contributed by atoms with E-state index in [0.717, 1.165) is 36.7 Å². The van der Waals surface area contributed by atoms with Gasteiger partial charge in [0, 0.05) is 38.3 Å². The van der Waals surface area contributed by atoms with Gasteiger partial charge in [0.25, 0.3) is 5.91 Å². The number of carbonyl (C=O) groups excluding carboxylic acids is 1. The Bertz CT molecular complexity index is 854. The molecule has 2 heterocycles. The highest BCUT2D eigenvalue weighted by Crippen LogP contribution is 2.32. The molecule has 6 nitrogen and oxygen atoms in total. The molecule has 0 saturated carbocycles. The number of rotatable bonds is 5. The van der Waals surface area contributed by atoms with Gasteiger partial charge in [0.05, 0.1) is 0 Å². The zero-order valence-electron chi connectivity index (χ0n) is 15.1. The van der Waals surface area contributed by atoms with Crippen LogP contribution in [0.3, 0.4) is 0 Å². The summed E-state index contributed by atoms with van der Waals surface area (Å²) in [5.74, 6) is 1.33. The standard InChI is InChI=1S/C20H20F2N2O4/c21-20(22)28-16-3-1-2-15(11-16)19(25)24-8-6-23(7-9-24)12-14-4-5-17-18(10-14)27-13-26-17/h1-5,10-11,20H,6-9,12-13H2. The van der Waals surface area contributed by atoms with E-state index in [0.29, 0.717) is 18.7 Å². The van der Waals surface area contributed by atoms with Crippen molar-refractivity contribution >= 4 is 5.91 Å². The van der Waals surface area contributed by atoms with Gasteiger partial charge in [-0.2, -0.15) is 8.78 Å². The van der Waals surface area contributed by atoms with Crippen LogP contribution in [0, 0.1) is 0 Å². The number of nitrogens with zero attached hydrogens (tertiary/aromatic N) is 2. The normalized spacial score (nSPS) is 16.5. The van der Waals surface area contributed by atoms with Crippen LogP contribution in [0.15, 0.2) is 42.5 Å². The van der Waals surface area contributed by atoms with Gasteiger partial charge in [0.2, 0.25) is 6.79 Å². The fourth-order valence-corrected chi connectivity index (χ4v) is 3.39. The zero-order valence-corrected chi connectivity index (χ0v) is 15.1. The summed E-state index contributed by atoms with van der Waals surface area (Å²) in [6, 6.07) is 11.8. The first-order chi connectivity index (χ1) is 13.6. The van der Waals surface area contributed by atoms with Crippen molar-refractivity contribution in [3.05, 3.63) is 53.6 Å². The maximum Gasteiger partial charge on any atom is 0.387 e. The Morgan fingerprint density at radius 3 is 2.61 bits per heavy atom. The molecule has 0 N–H and O–H groups in total. The molecule has 2 aliphatic heterocycles. The molecule has 0 aromatic heterocycles. The Morgan fingerprint density at radius 2 is 1.82 bits per heavy atom. The quantitative estimate of drug-likeness (QED) is 0.786. The summed E-state index contributed by atoms with van der Waals surface area (Å²) in [7, 11) is 0. The molecule has 28 heavy (non-hydrogen) atoms. The summed E-state index contributed by atoms with van der Waals surface area (Å²) >= 11 is 0. The average Bonchev–Trinajstić information content (AvgIpc) is 3.15. The van der Waals surface area contributed by atoms with E-state index in [1.165, 1.54) is 12.1 Å². The van der Waals surface area contributed by atoms with E-state index in [9.17, 15) is 13.6 Å². The van der Waals surface area contributed by atoms with Gasteiger partial charge in [0.15, 0.2) is 11.5 Å². The number of amides is 1. The SMILES string of the molecule is O=C(c1cccc(OC(F)F)c1)N1CCN(Cc2ccc3c(c2)OCO3)CC1. The number of alkyl halides is 2. The zero-order chi connectivity index (χ0) is 19.5. The molecule has 2 aromatic carbocycles. The van der Waals surface area contributed by atoms with Gasteiger partial charge >= 0.3 is 6.61 Å². The van der Waals surface area contributed by atoms with Crippen LogP contribution in [0.5, 0.6) is 17.2 Å². The van der Waals surface area contributed by atoms with Gasteiger partial charge in [-0.25, -0.2) is 0 Å². The lowest BCUT2D eigenvalue weighted by molar-refractivity contribution is -0.0499. The first kappa shape index (κ1) is 18.5.